The van der Waals surface area contributed by atoms with Gasteiger partial charge in [0.15, 0.2) is 6.29 Å². The fourth-order valence-electron chi connectivity index (χ4n) is 7.51. The van der Waals surface area contributed by atoms with Crippen LogP contribution in [0.4, 0.5) is 0 Å². The second-order valence-corrected chi connectivity index (χ2v) is 10.9. The Morgan fingerprint density at radius 1 is 1.12 bits per heavy atom. The Morgan fingerprint density at radius 3 is 2.64 bits per heavy atom. The zero-order valence-electron chi connectivity index (χ0n) is 21.2. The third kappa shape index (κ3) is 4.73. The van der Waals surface area contributed by atoms with E-state index >= 15 is 0 Å². The zero-order chi connectivity index (χ0) is 23.5. The Balaban J connectivity index is 0.00000126. The van der Waals surface area contributed by atoms with Crippen molar-refractivity contribution in [1.29, 1.82) is 0 Å². The average Bonchev–Trinajstić information content (AvgIpc) is 3.37. The normalized spacial score (nSPS) is 38.6. The molecule has 3 aliphatic carbocycles. The molecule has 0 N–H and O–H groups in total. The number of nitrogens with zero attached hydrogens (tertiary/aromatic N) is 2. The van der Waals surface area contributed by atoms with Crippen LogP contribution < -0.4 is 4.74 Å². The molecule has 2 unspecified atom stereocenters. The smallest absolute Gasteiger partial charge is 0.216 e. The molecule has 2 heterocycles. The van der Waals surface area contributed by atoms with Gasteiger partial charge in [-0.25, -0.2) is 9.97 Å². The lowest BCUT2D eigenvalue weighted by molar-refractivity contribution is -0.316. The van der Waals surface area contributed by atoms with Gasteiger partial charge in [-0.15, -0.1) is 0 Å². The van der Waals surface area contributed by atoms with E-state index in [4.69, 9.17) is 14.2 Å². The summed E-state index contributed by atoms with van der Waals surface area (Å²) in [5.74, 6) is 2.33. The second-order valence-electron chi connectivity index (χ2n) is 10.9. The van der Waals surface area contributed by atoms with Crippen LogP contribution in [0, 0.1) is 28.6 Å². The number of allylic oxidation sites excluding steroid dienone is 1. The number of ether oxygens (including phenoxy) is 3. The van der Waals surface area contributed by atoms with Crippen LogP contribution in [-0.4, -0.2) is 35.6 Å². The van der Waals surface area contributed by atoms with E-state index in [9.17, 15) is 0 Å². The summed E-state index contributed by atoms with van der Waals surface area (Å²) in [6.45, 7) is 15.0. The first-order valence-corrected chi connectivity index (χ1v) is 13.3. The maximum atomic E-state index is 6.69. The number of rotatable bonds is 5. The molecular weight excluding hydrogens is 412 g/mol. The molecule has 184 valence electrons. The highest BCUT2D eigenvalue weighted by molar-refractivity contribution is 5.18. The molecule has 1 saturated heterocycles. The van der Waals surface area contributed by atoms with Crippen LogP contribution in [0.2, 0.25) is 0 Å². The van der Waals surface area contributed by atoms with Crippen molar-refractivity contribution in [1.82, 2.24) is 9.97 Å². The molecule has 4 aliphatic rings. The summed E-state index contributed by atoms with van der Waals surface area (Å²) < 4.78 is 19.1. The molecule has 5 rings (SSSR count). The van der Waals surface area contributed by atoms with Crippen LogP contribution in [0.1, 0.15) is 85.5 Å². The third-order valence-corrected chi connectivity index (χ3v) is 9.17. The Labute approximate surface area is 200 Å². The summed E-state index contributed by atoms with van der Waals surface area (Å²) >= 11 is 0. The van der Waals surface area contributed by atoms with Gasteiger partial charge in [0.2, 0.25) is 5.88 Å². The number of aromatic nitrogens is 2. The predicted octanol–water partition coefficient (Wildman–Crippen LogP) is 6.59. The fourth-order valence-corrected chi connectivity index (χ4v) is 7.51. The molecule has 3 saturated carbocycles. The van der Waals surface area contributed by atoms with Crippen LogP contribution in [-0.2, 0) is 9.47 Å². The van der Waals surface area contributed by atoms with Gasteiger partial charge in [-0.2, -0.15) is 0 Å². The van der Waals surface area contributed by atoms with Gasteiger partial charge in [0.25, 0.3) is 0 Å². The number of hydrogen-bond donors (Lipinski definition) is 0. The van der Waals surface area contributed by atoms with Gasteiger partial charge < -0.3 is 14.2 Å². The average molecular weight is 457 g/mol. The van der Waals surface area contributed by atoms with Crippen molar-refractivity contribution in [2.24, 2.45) is 28.6 Å². The summed E-state index contributed by atoms with van der Waals surface area (Å²) in [4.78, 5) is 8.16. The van der Waals surface area contributed by atoms with E-state index in [-0.39, 0.29) is 17.1 Å². The van der Waals surface area contributed by atoms with Crippen molar-refractivity contribution in [2.75, 3.05) is 13.2 Å². The van der Waals surface area contributed by atoms with Gasteiger partial charge in [-0.3, -0.25) is 0 Å². The second kappa shape index (κ2) is 10.4. The lowest BCUT2D eigenvalue weighted by atomic mass is 9.46. The van der Waals surface area contributed by atoms with E-state index in [2.05, 4.69) is 30.4 Å². The zero-order valence-corrected chi connectivity index (χ0v) is 21.2. The maximum absolute atomic E-state index is 6.69. The first-order valence-electron chi connectivity index (χ1n) is 13.3. The van der Waals surface area contributed by atoms with Crippen LogP contribution in [0.5, 0.6) is 5.88 Å². The van der Waals surface area contributed by atoms with Crippen molar-refractivity contribution < 1.29 is 14.2 Å². The molecule has 0 radical (unpaired) electrons. The van der Waals surface area contributed by atoms with Gasteiger partial charge in [0.05, 0.1) is 19.3 Å². The minimum Gasteiger partial charge on any atom is -0.478 e. The molecule has 0 spiro atoms. The highest BCUT2D eigenvalue weighted by atomic mass is 16.7. The largest absolute Gasteiger partial charge is 0.478 e. The van der Waals surface area contributed by atoms with Gasteiger partial charge in [-0.05, 0) is 62.2 Å². The third-order valence-electron chi connectivity index (χ3n) is 9.17. The molecule has 5 nitrogen and oxygen atoms in total. The molecule has 4 fully saturated rings. The Bertz CT molecular complexity index is 781. The molecular formula is C28H44N2O3. The number of fused-ring (bicyclic) bond motifs is 3. The SMILES string of the molecule is C=C1CCC2C(C)(CC[C@H]3O[C@H](C4CCCC4)OC[C@@]23C)[C@@H]1CCOc1ccncn1.CC. The van der Waals surface area contributed by atoms with Crippen LogP contribution >= 0.6 is 0 Å². The summed E-state index contributed by atoms with van der Waals surface area (Å²) in [5.41, 5.74) is 1.71. The molecule has 0 amide bonds. The van der Waals surface area contributed by atoms with E-state index in [1.54, 1.807) is 6.20 Å². The summed E-state index contributed by atoms with van der Waals surface area (Å²) in [6.07, 6.45) is 14.4. The molecule has 1 aliphatic heterocycles. The summed E-state index contributed by atoms with van der Waals surface area (Å²) in [5, 5.41) is 0. The number of hydrogen-bond acceptors (Lipinski definition) is 5. The molecule has 1 aromatic rings. The molecule has 0 bridgehead atoms. The molecule has 1 aromatic heterocycles. The highest BCUT2D eigenvalue weighted by Gasteiger charge is 2.60. The van der Waals surface area contributed by atoms with Crippen molar-refractivity contribution in [3.8, 4) is 5.88 Å². The van der Waals surface area contributed by atoms with E-state index < -0.39 is 0 Å². The van der Waals surface area contributed by atoms with E-state index in [1.165, 1.54) is 50.4 Å². The maximum Gasteiger partial charge on any atom is 0.216 e. The molecule has 6 atom stereocenters. The first-order chi connectivity index (χ1) is 16.0. The monoisotopic (exact) mass is 456 g/mol. The van der Waals surface area contributed by atoms with Gasteiger partial charge >= 0.3 is 0 Å². The van der Waals surface area contributed by atoms with E-state index in [0.29, 0.717) is 36.3 Å². The van der Waals surface area contributed by atoms with E-state index in [1.807, 2.05) is 19.9 Å². The summed E-state index contributed by atoms with van der Waals surface area (Å²) in [7, 11) is 0. The minimum atomic E-state index is 0.0283. The molecule has 5 heteroatoms. The van der Waals surface area contributed by atoms with Crippen molar-refractivity contribution in [3.63, 3.8) is 0 Å². The lowest BCUT2D eigenvalue weighted by Gasteiger charge is -2.63. The topological polar surface area (TPSA) is 53.5 Å². The van der Waals surface area contributed by atoms with Crippen LogP contribution in [0.25, 0.3) is 0 Å². The van der Waals surface area contributed by atoms with Crippen molar-refractivity contribution >= 4 is 0 Å². The quantitative estimate of drug-likeness (QED) is 0.468. The first kappa shape index (κ1) is 24.7. The minimum absolute atomic E-state index is 0.0283. The van der Waals surface area contributed by atoms with Crippen molar-refractivity contribution in [3.05, 3.63) is 30.7 Å². The fraction of sp³-hybridized carbons (Fsp3) is 0.786. The Hall–Kier alpha value is -1.46. The molecule has 33 heavy (non-hydrogen) atoms. The van der Waals surface area contributed by atoms with Crippen LogP contribution in [0.15, 0.2) is 30.7 Å². The lowest BCUT2D eigenvalue weighted by Crippen LogP contribution is -2.62. The predicted molar refractivity (Wildman–Crippen MR) is 131 cm³/mol. The van der Waals surface area contributed by atoms with Gasteiger partial charge in [0, 0.05) is 23.6 Å². The summed E-state index contributed by atoms with van der Waals surface area (Å²) in [6, 6.07) is 1.82. The van der Waals surface area contributed by atoms with Gasteiger partial charge in [-0.1, -0.05) is 52.7 Å². The van der Waals surface area contributed by atoms with Crippen molar-refractivity contribution in [2.45, 2.75) is 97.9 Å². The Kier molecular flexibility index (Phi) is 7.80. The van der Waals surface area contributed by atoms with Crippen LogP contribution in [0.3, 0.4) is 0 Å². The van der Waals surface area contributed by atoms with Gasteiger partial charge in [0.1, 0.15) is 6.33 Å². The standard InChI is InChI=1S/C26H38N2O3.C2H6/c1-18-8-9-21-25(2,20(18)12-15-29-23-11-14-27-17-28-23)13-10-22-26(21,3)16-30-24(31-22)19-6-4-5-7-19;1-2/h11,14,17,19-22,24H,1,4-10,12-13,15-16H2,2-3H3;1-2H3/t20-,21?,22-,24-,25?,26+;/m1./s1. The molecule has 0 aromatic carbocycles. The Morgan fingerprint density at radius 2 is 1.91 bits per heavy atom. The van der Waals surface area contributed by atoms with E-state index in [0.717, 1.165) is 25.9 Å². The highest BCUT2D eigenvalue weighted by Crippen LogP contribution is 2.63.